The van der Waals surface area contributed by atoms with Gasteiger partial charge in [-0.05, 0) is 24.5 Å². The Hall–Kier alpha value is -1.62. The second-order valence-corrected chi connectivity index (χ2v) is 4.06. The lowest BCUT2D eigenvalue weighted by atomic mass is 10.3. The van der Waals surface area contributed by atoms with Crippen molar-refractivity contribution in [3.8, 4) is 0 Å². The van der Waals surface area contributed by atoms with Crippen molar-refractivity contribution in [3.05, 3.63) is 24.0 Å². The van der Waals surface area contributed by atoms with Gasteiger partial charge in [0.15, 0.2) is 0 Å². The van der Waals surface area contributed by atoms with E-state index in [0.717, 1.165) is 12.8 Å². The van der Waals surface area contributed by atoms with Gasteiger partial charge in [0.25, 0.3) is 5.91 Å². The van der Waals surface area contributed by atoms with E-state index in [1.165, 1.54) is 0 Å². The summed E-state index contributed by atoms with van der Waals surface area (Å²) in [7, 11) is 0. The molecular weight excluding hydrogens is 204 g/mol. The fraction of sp³-hybridized carbons (Fsp3) is 0.455. The molecule has 86 valence electrons. The summed E-state index contributed by atoms with van der Waals surface area (Å²) in [4.78, 5) is 15.8. The van der Waals surface area contributed by atoms with Crippen LogP contribution in [0.3, 0.4) is 0 Å². The quantitative estimate of drug-likeness (QED) is 0.520. The number of nitrogens with zero attached hydrogens (tertiary/aromatic N) is 1. The van der Waals surface area contributed by atoms with E-state index in [0.29, 0.717) is 23.3 Å². The number of amides is 1. The Morgan fingerprint density at radius 3 is 2.94 bits per heavy atom. The van der Waals surface area contributed by atoms with Crippen LogP contribution in [0.4, 0.5) is 5.69 Å². The molecule has 0 aliphatic heterocycles. The Labute approximate surface area is 94.4 Å². The highest BCUT2D eigenvalue weighted by atomic mass is 16.2. The van der Waals surface area contributed by atoms with E-state index in [-0.39, 0.29) is 5.91 Å². The number of rotatable bonds is 4. The number of nitrogens with one attached hydrogen (secondary N) is 2. The summed E-state index contributed by atoms with van der Waals surface area (Å²) < 4.78 is 0. The topological polar surface area (TPSA) is 80.0 Å². The highest BCUT2D eigenvalue weighted by Crippen LogP contribution is 2.33. The SMILES string of the molecule is CCC1CC1NC(=O)c1ccc(NN)cn1. The fourth-order valence-corrected chi connectivity index (χ4v) is 1.73. The Morgan fingerprint density at radius 1 is 1.62 bits per heavy atom. The Balaban J connectivity index is 1.93. The molecule has 5 nitrogen and oxygen atoms in total. The van der Waals surface area contributed by atoms with Gasteiger partial charge >= 0.3 is 0 Å². The van der Waals surface area contributed by atoms with E-state index in [1.807, 2.05) is 0 Å². The van der Waals surface area contributed by atoms with Crippen molar-refractivity contribution in [2.45, 2.75) is 25.8 Å². The number of anilines is 1. The van der Waals surface area contributed by atoms with Crippen LogP contribution >= 0.6 is 0 Å². The molecule has 5 heteroatoms. The van der Waals surface area contributed by atoms with E-state index in [9.17, 15) is 4.79 Å². The summed E-state index contributed by atoms with van der Waals surface area (Å²) in [5.74, 6) is 5.75. The van der Waals surface area contributed by atoms with Crippen molar-refractivity contribution in [2.75, 3.05) is 5.43 Å². The van der Waals surface area contributed by atoms with Crippen molar-refractivity contribution in [1.82, 2.24) is 10.3 Å². The Kier molecular flexibility index (Phi) is 3.05. The van der Waals surface area contributed by atoms with Gasteiger partial charge in [0, 0.05) is 6.04 Å². The highest BCUT2D eigenvalue weighted by molar-refractivity contribution is 5.92. The number of hydrazine groups is 1. The molecule has 2 unspecified atom stereocenters. The van der Waals surface area contributed by atoms with Gasteiger partial charge in [-0.3, -0.25) is 10.6 Å². The van der Waals surface area contributed by atoms with Gasteiger partial charge in [-0.15, -0.1) is 0 Å². The number of hydrogen-bond acceptors (Lipinski definition) is 4. The van der Waals surface area contributed by atoms with E-state index in [4.69, 9.17) is 5.84 Å². The summed E-state index contributed by atoms with van der Waals surface area (Å²) in [5, 5.41) is 2.96. The lowest BCUT2D eigenvalue weighted by molar-refractivity contribution is 0.0944. The molecule has 1 aromatic heterocycles. The molecule has 0 aromatic carbocycles. The Bertz CT molecular complexity index is 376. The van der Waals surface area contributed by atoms with Crippen LogP contribution in [0.5, 0.6) is 0 Å². The van der Waals surface area contributed by atoms with E-state index >= 15 is 0 Å². The monoisotopic (exact) mass is 220 g/mol. The minimum atomic E-state index is -0.107. The molecule has 1 fully saturated rings. The first-order chi connectivity index (χ1) is 7.74. The normalized spacial score (nSPS) is 22.6. The second-order valence-electron chi connectivity index (χ2n) is 4.06. The summed E-state index contributed by atoms with van der Waals surface area (Å²) in [6.45, 7) is 2.14. The maximum absolute atomic E-state index is 11.7. The lowest BCUT2D eigenvalue weighted by Gasteiger charge is -2.04. The molecule has 0 radical (unpaired) electrons. The minimum Gasteiger partial charge on any atom is -0.348 e. The van der Waals surface area contributed by atoms with E-state index in [1.54, 1.807) is 18.3 Å². The highest BCUT2D eigenvalue weighted by Gasteiger charge is 2.36. The molecule has 16 heavy (non-hydrogen) atoms. The van der Waals surface area contributed by atoms with Gasteiger partial charge in [0.1, 0.15) is 5.69 Å². The van der Waals surface area contributed by atoms with Gasteiger partial charge in [-0.25, -0.2) is 4.98 Å². The molecule has 0 spiro atoms. The van der Waals surface area contributed by atoms with Gasteiger partial charge in [-0.1, -0.05) is 13.3 Å². The number of aromatic nitrogens is 1. The van der Waals surface area contributed by atoms with E-state index in [2.05, 4.69) is 22.7 Å². The molecule has 1 saturated carbocycles. The Morgan fingerprint density at radius 2 is 2.44 bits per heavy atom. The van der Waals surface area contributed by atoms with Crippen LogP contribution in [-0.2, 0) is 0 Å². The smallest absolute Gasteiger partial charge is 0.270 e. The van der Waals surface area contributed by atoms with Crippen LogP contribution in [-0.4, -0.2) is 16.9 Å². The molecule has 4 N–H and O–H groups in total. The number of pyridine rings is 1. The zero-order valence-electron chi connectivity index (χ0n) is 9.23. The van der Waals surface area contributed by atoms with Crippen LogP contribution in [0.1, 0.15) is 30.3 Å². The lowest BCUT2D eigenvalue weighted by Crippen LogP contribution is -2.27. The number of nitrogens with two attached hydrogens (primary N) is 1. The average Bonchev–Trinajstić information content (AvgIpc) is 3.07. The zero-order valence-corrected chi connectivity index (χ0v) is 9.23. The van der Waals surface area contributed by atoms with Crippen molar-refractivity contribution >= 4 is 11.6 Å². The molecule has 1 amide bonds. The third-order valence-electron chi connectivity index (χ3n) is 2.93. The molecule has 0 bridgehead atoms. The van der Waals surface area contributed by atoms with Gasteiger partial charge in [-0.2, -0.15) is 0 Å². The van der Waals surface area contributed by atoms with Crippen LogP contribution in [0.15, 0.2) is 18.3 Å². The number of carbonyl (C=O) groups is 1. The zero-order chi connectivity index (χ0) is 11.5. The maximum atomic E-state index is 11.7. The maximum Gasteiger partial charge on any atom is 0.270 e. The summed E-state index contributed by atoms with van der Waals surface area (Å²) in [6.07, 6.45) is 3.75. The average molecular weight is 220 g/mol. The van der Waals surface area contributed by atoms with Gasteiger partial charge in [0.05, 0.1) is 11.9 Å². The molecule has 2 rings (SSSR count). The van der Waals surface area contributed by atoms with Crippen molar-refractivity contribution in [1.29, 1.82) is 0 Å². The third kappa shape index (κ3) is 2.30. The molecule has 0 saturated heterocycles. The van der Waals surface area contributed by atoms with Crippen LogP contribution < -0.4 is 16.6 Å². The standard InChI is InChI=1S/C11H16N4O/c1-2-7-5-10(7)14-11(16)9-4-3-8(15-12)6-13-9/h3-4,6-7,10,15H,2,5,12H2,1H3,(H,14,16). The van der Waals surface area contributed by atoms with Crippen LogP contribution in [0.25, 0.3) is 0 Å². The van der Waals surface area contributed by atoms with Crippen LogP contribution in [0.2, 0.25) is 0 Å². The number of nitrogen functional groups attached to an aromatic ring is 1. The minimum absolute atomic E-state index is 0.107. The third-order valence-corrected chi connectivity index (χ3v) is 2.93. The summed E-state index contributed by atoms with van der Waals surface area (Å²) >= 11 is 0. The summed E-state index contributed by atoms with van der Waals surface area (Å²) in [5.41, 5.74) is 3.59. The van der Waals surface area contributed by atoms with Crippen molar-refractivity contribution in [2.24, 2.45) is 11.8 Å². The van der Waals surface area contributed by atoms with Gasteiger partial charge < -0.3 is 10.7 Å². The van der Waals surface area contributed by atoms with Crippen LogP contribution in [0, 0.1) is 5.92 Å². The molecule has 1 aliphatic carbocycles. The first-order valence-electron chi connectivity index (χ1n) is 5.48. The van der Waals surface area contributed by atoms with Gasteiger partial charge in [0.2, 0.25) is 0 Å². The largest absolute Gasteiger partial charge is 0.348 e. The molecule has 1 heterocycles. The molecule has 1 aromatic rings. The molecule has 1 aliphatic rings. The van der Waals surface area contributed by atoms with Crippen molar-refractivity contribution in [3.63, 3.8) is 0 Å². The predicted molar refractivity (Wildman–Crippen MR) is 61.7 cm³/mol. The first-order valence-corrected chi connectivity index (χ1v) is 5.48. The predicted octanol–water partition coefficient (Wildman–Crippen LogP) is 0.895. The first kappa shape index (κ1) is 10.9. The summed E-state index contributed by atoms with van der Waals surface area (Å²) in [6, 6.07) is 3.73. The molecular formula is C11H16N4O. The van der Waals surface area contributed by atoms with E-state index < -0.39 is 0 Å². The number of carbonyl (C=O) groups excluding carboxylic acids is 1. The second kappa shape index (κ2) is 4.49. The fourth-order valence-electron chi connectivity index (χ4n) is 1.73. The molecule has 2 atom stereocenters. The number of hydrogen-bond donors (Lipinski definition) is 3. The van der Waals surface area contributed by atoms with Crippen molar-refractivity contribution < 1.29 is 4.79 Å².